The second-order valence-corrected chi connectivity index (χ2v) is 9.11. The van der Waals surface area contributed by atoms with Gasteiger partial charge in [0.2, 0.25) is 0 Å². The van der Waals surface area contributed by atoms with Crippen LogP contribution in [0.1, 0.15) is 88.2 Å². The van der Waals surface area contributed by atoms with Gasteiger partial charge >= 0.3 is 5.97 Å². The van der Waals surface area contributed by atoms with Gasteiger partial charge in [0.05, 0.1) is 7.11 Å². The summed E-state index contributed by atoms with van der Waals surface area (Å²) >= 11 is 0. The van der Waals surface area contributed by atoms with Crippen LogP contribution in [0.3, 0.4) is 0 Å². The molecule has 3 rings (SSSR count). The number of aliphatic hydroxyl groups is 1. The smallest absolute Gasteiger partial charge is 0.308 e. The van der Waals surface area contributed by atoms with Crippen molar-refractivity contribution in [1.29, 1.82) is 0 Å². The van der Waals surface area contributed by atoms with Crippen molar-refractivity contribution in [3.8, 4) is 11.5 Å². The first-order valence-electron chi connectivity index (χ1n) is 9.63. The van der Waals surface area contributed by atoms with Crippen LogP contribution in [0, 0.1) is 5.41 Å². The Morgan fingerprint density at radius 2 is 1.81 bits per heavy atom. The summed E-state index contributed by atoms with van der Waals surface area (Å²) in [4.78, 5) is 25.3. The van der Waals surface area contributed by atoms with Gasteiger partial charge in [0.25, 0.3) is 0 Å². The zero-order valence-corrected chi connectivity index (χ0v) is 17.4. The highest BCUT2D eigenvalue weighted by atomic mass is 16.6. The third-order valence-corrected chi connectivity index (χ3v) is 6.72. The summed E-state index contributed by atoms with van der Waals surface area (Å²) in [6, 6.07) is 1.79. The van der Waals surface area contributed by atoms with Gasteiger partial charge in [-0.05, 0) is 24.8 Å². The lowest BCUT2D eigenvalue weighted by molar-refractivity contribution is -0.132. The molecule has 2 atom stereocenters. The molecule has 2 unspecified atom stereocenters. The van der Waals surface area contributed by atoms with E-state index in [-0.39, 0.29) is 11.7 Å². The van der Waals surface area contributed by atoms with Crippen LogP contribution in [-0.2, 0) is 10.2 Å². The van der Waals surface area contributed by atoms with Crippen LogP contribution in [0.15, 0.2) is 6.07 Å². The maximum absolute atomic E-state index is 13.5. The number of hydrogen-bond acceptors (Lipinski definition) is 5. The van der Waals surface area contributed by atoms with Gasteiger partial charge in [-0.2, -0.15) is 0 Å². The highest BCUT2D eigenvalue weighted by Gasteiger charge is 2.69. The minimum absolute atomic E-state index is 0.0180. The fraction of sp³-hybridized carbons (Fsp3) is 0.636. The number of Topliss-reactive ketones (excluding diaryl/α,β-unsaturated/α-hetero) is 1. The Labute approximate surface area is 161 Å². The molecular formula is C22H30O5. The van der Waals surface area contributed by atoms with Crippen LogP contribution in [0.4, 0.5) is 0 Å². The van der Waals surface area contributed by atoms with Crippen molar-refractivity contribution in [3.05, 3.63) is 22.8 Å². The van der Waals surface area contributed by atoms with E-state index in [1.54, 1.807) is 6.07 Å². The minimum Gasteiger partial charge on any atom is -0.492 e. The lowest BCUT2D eigenvalue weighted by atomic mass is 9.53. The maximum atomic E-state index is 13.5. The molecule has 1 N–H and O–H groups in total. The van der Waals surface area contributed by atoms with Crippen LogP contribution in [0.25, 0.3) is 0 Å². The predicted octanol–water partition coefficient (Wildman–Crippen LogP) is 4.14. The first kappa shape index (κ1) is 19.9. The summed E-state index contributed by atoms with van der Waals surface area (Å²) < 4.78 is 11.3. The number of carbonyl (C=O) groups excluding carboxylic acids is 2. The van der Waals surface area contributed by atoms with Gasteiger partial charge in [0, 0.05) is 34.4 Å². The molecule has 5 nitrogen and oxygen atoms in total. The summed E-state index contributed by atoms with van der Waals surface area (Å²) in [6.07, 6.45) is 2.34. The van der Waals surface area contributed by atoms with Gasteiger partial charge in [-0.3, -0.25) is 9.59 Å². The quantitative estimate of drug-likeness (QED) is 0.636. The van der Waals surface area contributed by atoms with E-state index in [0.717, 1.165) is 18.4 Å². The van der Waals surface area contributed by atoms with E-state index in [1.165, 1.54) is 14.0 Å². The molecule has 1 saturated carbocycles. The largest absolute Gasteiger partial charge is 0.492 e. The number of benzene rings is 1. The first-order valence-corrected chi connectivity index (χ1v) is 9.63. The van der Waals surface area contributed by atoms with E-state index in [4.69, 9.17) is 9.47 Å². The summed E-state index contributed by atoms with van der Waals surface area (Å²) in [5, 5.41) is 11.8. The summed E-state index contributed by atoms with van der Waals surface area (Å²) in [5.74, 6) is 0.0869. The van der Waals surface area contributed by atoms with Crippen LogP contribution < -0.4 is 9.47 Å². The van der Waals surface area contributed by atoms with E-state index in [0.29, 0.717) is 29.0 Å². The number of hydrogen-bond donors (Lipinski definition) is 1. The molecule has 2 aliphatic rings. The van der Waals surface area contributed by atoms with Gasteiger partial charge in [0.15, 0.2) is 17.3 Å². The molecule has 2 aliphatic carbocycles. The number of rotatable bonds is 3. The van der Waals surface area contributed by atoms with Crippen LogP contribution >= 0.6 is 0 Å². The Morgan fingerprint density at radius 3 is 2.33 bits per heavy atom. The number of fused-ring (bicyclic) bond motifs is 3. The molecule has 1 fully saturated rings. The van der Waals surface area contributed by atoms with Crippen molar-refractivity contribution < 1.29 is 24.2 Å². The fourth-order valence-electron chi connectivity index (χ4n) is 5.31. The molecule has 5 heteroatoms. The monoisotopic (exact) mass is 374 g/mol. The highest BCUT2D eigenvalue weighted by molar-refractivity contribution is 6.11. The van der Waals surface area contributed by atoms with Crippen molar-refractivity contribution in [2.24, 2.45) is 5.41 Å². The van der Waals surface area contributed by atoms with Gasteiger partial charge in [-0.1, -0.05) is 41.0 Å². The lowest BCUT2D eigenvalue weighted by Crippen LogP contribution is -2.62. The Balaban J connectivity index is 2.40. The second-order valence-electron chi connectivity index (χ2n) is 9.11. The molecule has 0 heterocycles. The minimum atomic E-state index is -1.52. The molecule has 1 aromatic carbocycles. The molecule has 0 aromatic heterocycles. The van der Waals surface area contributed by atoms with Gasteiger partial charge in [-0.25, -0.2) is 0 Å². The molecule has 0 spiro atoms. The van der Waals surface area contributed by atoms with E-state index in [1.807, 2.05) is 34.6 Å². The Kier molecular flexibility index (Phi) is 4.46. The van der Waals surface area contributed by atoms with E-state index >= 15 is 0 Å². The van der Waals surface area contributed by atoms with Crippen LogP contribution in [-0.4, -0.2) is 29.6 Å². The summed E-state index contributed by atoms with van der Waals surface area (Å²) in [6.45, 7) is 11.1. The average Bonchev–Trinajstić information content (AvgIpc) is 2.74. The number of methoxy groups -OCH3 is 1. The summed E-state index contributed by atoms with van der Waals surface area (Å²) in [5.41, 5.74) is -0.982. The van der Waals surface area contributed by atoms with E-state index in [2.05, 4.69) is 0 Å². The van der Waals surface area contributed by atoms with Crippen molar-refractivity contribution >= 4 is 11.8 Å². The molecule has 27 heavy (non-hydrogen) atoms. The van der Waals surface area contributed by atoms with Gasteiger partial charge in [-0.15, -0.1) is 0 Å². The van der Waals surface area contributed by atoms with Gasteiger partial charge in [0.1, 0.15) is 5.60 Å². The Morgan fingerprint density at radius 1 is 1.19 bits per heavy atom. The number of esters is 1. The standard InChI is InChI=1S/C22H30O5/c1-12(2)14-11-15-16(18(26-7)17(14)27-13(3)23)21(6)10-8-9-20(4,5)22(21,25)19(15)24/h11-12,25H,8-10H2,1-7H3. The molecular weight excluding hydrogens is 344 g/mol. The van der Waals surface area contributed by atoms with Crippen molar-refractivity contribution in [1.82, 2.24) is 0 Å². The topological polar surface area (TPSA) is 72.8 Å². The molecule has 0 radical (unpaired) electrons. The van der Waals surface area contributed by atoms with Crippen LogP contribution in [0.5, 0.6) is 11.5 Å². The fourth-order valence-corrected chi connectivity index (χ4v) is 5.31. The normalized spacial score (nSPS) is 28.7. The lowest BCUT2D eigenvalue weighted by Gasteiger charge is -2.53. The molecule has 148 valence electrons. The second kappa shape index (κ2) is 6.06. The maximum Gasteiger partial charge on any atom is 0.308 e. The van der Waals surface area contributed by atoms with Gasteiger partial charge < -0.3 is 14.6 Å². The predicted molar refractivity (Wildman–Crippen MR) is 103 cm³/mol. The average molecular weight is 374 g/mol. The van der Waals surface area contributed by atoms with Crippen molar-refractivity contribution in [2.45, 2.75) is 77.7 Å². The van der Waals surface area contributed by atoms with Crippen LogP contribution in [0.2, 0.25) is 0 Å². The van der Waals surface area contributed by atoms with Crippen molar-refractivity contribution in [2.75, 3.05) is 7.11 Å². The number of ketones is 1. The Bertz CT molecular complexity index is 822. The number of carbonyl (C=O) groups is 2. The Hall–Kier alpha value is -1.88. The highest BCUT2D eigenvalue weighted by Crippen LogP contribution is 2.64. The van der Waals surface area contributed by atoms with E-state index in [9.17, 15) is 14.7 Å². The summed E-state index contributed by atoms with van der Waals surface area (Å²) in [7, 11) is 1.52. The zero-order valence-electron chi connectivity index (χ0n) is 17.4. The SMILES string of the molecule is COc1c(OC(C)=O)c(C(C)C)cc2c1C1(C)CCCC(C)(C)C1(O)C2=O. The zero-order chi connectivity index (χ0) is 20.4. The molecule has 0 aliphatic heterocycles. The molecule has 0 bridgehead atoms. The van der Waals surface area contributed by atoms with Crippen molar-refractivity contribution in [3.63, 3.8) is 0 Å². The first-order chi connectivity index (χ1) is 12.4. The molecule has 0 saturated heterocycles. The molecule has 1 aromatic rings. The number of ether oxygens (including phenoxy) is 2. The third kappa shape index (κ3) is 2.40. The van der Waals surface area contributed by atoms with E-state index < -0.39 is 22.4 Å². The molecule has 0 amide bonds. The third-order valence-electron chi connectivity index (χ3n) is 6.72.